The lowest BCUT2D eigenvalue weighted by molar-refractivity contribution is -0.446. The Morgan fingerprint density at radius 1 is 0.792 bits per heavy atom. The Labute approximate surface area is 129 Å². The van der Waals surface area contributed by atoms with E-state index < -0.39 is 36.5 Å². The molecular formula is C13H9F9O2. The van der Waals surface area contributed by atoms with Crippen LogP contribution in [-0.4, -0.2) is 30.1 Å². The molecule has 136 valence electrons. The smallest absolute Gasteiger partial charge is 0.432 e. The van der Waals surface area contributed by atoms with Gasteiger partial charge in [0.05, 0.1) is 0 Å². The number of hydrogen-bond donors (Lipinski definition) is 0. The van der Waals surface area contributed by atoms with Crippen molar-refractivity contribution < 1.29 is 49.0 Å². The van der Waals surface area contributed by atoms with Crippen LogP contribution in [0.4, 0.5) is 39.5 Å². The Morgan fingerprint density at radius 2 is 1.21 bits per heavy atom. The minimum Gasteiger partial charge on any atom is -0.432 e. The second-order valence-corrected chi connectivity index (χ2v) is 4.63. The maximum absolute atomic E-state index is 12.6. The monoisotopic (exact) mass is 368 g/mol. The molecule has 0 aliphatic rings. The van der Waals surface area contributed by atoms with E-state index in [2.05, 4.69) is 4.74 Å². The zero-order valence-corrected chi connectivity index (χ0v) is 11.5. The van der Waals surface area contributed by atoms with Gasteiger partial charge in [-0.05, 0) is 12.0 Å². The zero-order chi connectivity index (χ0) is 18.8. The van der Waals surface area contributed by atoms with Crippen LogP contribution in [0.25, 0.3) is 0 Å². The van der Waals surface area contributed by atoms with Crippen LogP contribution in [-0.2, 0) is 16.0 Å². The molecule has 0 aliphatic carbocycles. The van der Waals surface area contributed by atoms with Gasteiger partial charge in [-0.3, -0.25) is 4.79 Å². The summed E-state index contributed by atoms with van der Waals surface area (Å²) in [4.78, 5) is 11.2. The van der Waals surface area contributed by atoms with E-state index in [-0.39, 0.29) is 6.42 Å². The molecule has 1 rings (SSSR count). The second kappa shape index (κ2) is 6.52. The van der Waals surface area contributed by atoms with Gasteiger partial charge in [0.15, 0.2) is 0 Å². The van der Waals surface area contributed by atoms with E-state index in [1.165, 1.54) is 24.3 Å². The van der Waals surface area contributed by atoms with E-state index in [1.54, 1.807) is 6.07 Å². The van der Waals surface area contributed by atoms with Gasteiger partial charge < -0.3 is 4.74 Å². The molecular weight excluding hydrogens is 359 g/mol. The van der Waals surface area contributed by atoms with Crippen LogP contribution >= 0.6 is 0 Å². The van der Waals surface area contributed by atoms with Gasteiger partial charge in [-0.15, -0.1) is 0 Å². The van der Waals surface area contributed by atoms with E-state index in [0.717, 1.165) is 0 Å². The standard InChI is InChI=1S/C13H9F9O2/c14-11(15,16)10(12(17,18)19,13(20,21)22)24-9(23)7-6-8-4-2-1-3-5-8/h1-5H,6-7H2. The Bertz CT molecular complexity index is 521. The van der Waals surface area contributed by atoms with E-state index in [1.807, 2.05) is 0 Å². The van der Waals surface area contributed by atoms with Crippen molar-refractivity contribution in [1.82, 2.24) is 0 Å². The first-order valence-corrected chi connectivity index (χ1v) is 6.18. The lowest BCUT2D eigenvalue weighted by atomic mass is 10.0. The molecule has 0 saturated heterocycles. The topological polar surface area (TPSA) is 26.3 Å². The number of halogens is 9. The van der Waals surface area contributed by atoms with Crippen molar-refractivity contribution in [3.63, 3.8) is 0 Å². The van der Waals surface area contributed by atoms with Gasteiger partial charge in [0.25, 0.3) is 0 Å². The van der Waals surface area contributed by atoms with E-state index in [4.69, 9.17) is 0 Å². The average Bonchev–Trinajstić information content (AvgIpc) is 2.39. The third-order valence-electron chi connectivity index (χ3n) is 2.93. The summed E-state index contributed by atoms with van der Waals surface area (Å²) in [5.74, 6) is -2.27. The number of rotatable bonds is 4. The highest BCUT2D eigenvalue weighted by Crippen LogP contribution is 2.55. The molecule has 0 N–H and O–H groups in total. The van der Waals surface area contributed by atoms with Crippen LogP contribution in [0.3, 0.4) is 0 Å². The quantitative estimate of drug-likeness (QED) is 0.574. The fourth-order valence-electron chi connectivity index (χ4n) is 1.77. The minimum atomic E-state index is -6.92. The molecule has 2 nitrogen and oxygen atoms in total. The van der Waals surface area contributed by atoms with Gasteiger partial charge in [-0.1, -0.05) is 30.3 Å². The summed E-state index contributed by atoms with van der Waals surface area (Å²) < 4.78 is 116. The number of carbonyl (C=O) groups is 1. The van der Waals surface area contributed by atoms with Crippen molar-refractivity contribution in [3.05, 3.63) is 35.9 Å². The Morgan fingerprint density at radius 3 is 1.58 bits per heavy atom. The Hall–Kier alpha value is -1.94. The summed E-state index contributed by atoms with van der Waals surface area (Å²) in [5, 5.41) is 0. The summed E-state index contributed by atoms with van der Waals surface area (Å²) >= 11 is 0. The van der Waals surface area contributed by atoms with Gasteiger partial charge in [-0.25, -0.2) is 0 Å². The highest BCUT2D eigenvalue weighted by molar-refractivity contribution is 5.70. The summed E-state index contributed by atoms with van der Waals surface area (Å²) in [6, 6.07) is 7.25. The molecule has 0 aliphatic heterocycles. The highest BCUT2D eigenvalue weighted by Gasteiger charge is 2.87. The Balaban J connectivity index is 3.07. The number of ether oxygens (including phenoxy) is 1. The maximum Gasteiger partial charge on any atom is 0.447 e. The predicted octanol–water partition coefficient (Wildman–Crippen LogP) is 4.59. The first kappa shape index (κ1) is 20.1. The van der Waals surface area contributed by atoms with E-state index >= 15 is 0 Å². The number of aryl methyl sites for hydroxylation is 1. The molecule has 0 bridgehead atoms. The van der Waals surface area contributed by atoms with Crippen LogP contribution in [0, 0.1) is 0 Å². The fourth-order valence-corrected chi connectivity index (χ4v) is 1.77. The lowest BCUT2D eigenvalue weighted by Gasteiger charge is -2.37. The van der Waals surface area contributed by atoms with Crippen LogP contribution in [0.1, 0.15) is 12.0 Å². The largest absolute Gasteiger partial charge is 0.447 e. The maximum atomic E-state index is 12.6. The normalized spacial score (nSPS) is 13.7. The molecule has 0 fully saturated rings. The van der Waals surface area contributed by atoms with Crippen LogP contribution in [0.5, 0.6) is 0 Å². The third kappa shape index (κ3) is 3.93. The molecule has 0 aromatic heterocycles. The van der Waals surface area contributed by atoms with Crippen LogP contribution in [0.15, 0.2) is 30.3 Å². The molecule has 0 heterocycles. The van der Waals surface area contributed by atoms with Gasteiger partial charge in [0.2, 0.25) is 0 Å². The second-order valence-electron chi connectivity index (χ2n) is 4.63. The molecule has 0 radical (unpaired) electrons. The van der Waals surface area contributed by atoms with Crippen molar-refractivity contribution in [2.75, 3.05) is 0 Å². The number of alkyl halides is 9. The molecule has 0 unspecified atom stereocenters. The average molecular weight is 368 g/mol. The predicted molar refractivity (Wildman–Crippen MR) is 61.8 cm³/mol. The van der Waals surface area contributed by atoms with Gasteiger partial charge in [0.1, 0.15) is 0 Å². The fraction of sp³-hybridized carbons (Fsp3) is 0.462. The molecule has 0 saturated carbocycles. The molecule has 1 aromatic rings. The van der Waals surface area contributed by atoms with Gasteiger partial charge >= 0.3 is 30.1 Å². The van der Waals surface area contributed by atoms with Crippen molar-refractivity contribution in [3.8, 4) is 0 Å². The zero-order valence-electron chi connectivity index (χ0n) is 11.5. The summed E-state index contributed by atoms with van der Waals surface area (Å²) in [6.45, 7) is 0. The highest BCUT2D eigenvalue weighted by atomic mass is 19.4. The van der Waals surface area contributed by atoms with Crippen molar-refractivity contribution in [2.24, 2.45) is 0 Å². The molecule has 0 amide bonds. The lowest BCUT2D eigenvalue weighted by Crippen LogP contribution is -2.68. The van der Waals surface area contributed by atoms with Crippen LogP contribution < -0.4 is 0 Å². The Kier molecular flexibility index (Phi) is 5.46. The summed E-state index contributed by atoms with van der Waals surface area (Å²) in [7, 11) is 0. The molecule has 0 atom stereocenters. The van der Waals surface area contributed by atoms with Crippen molar-refractivity contribution in [2.45, 2.75) is 37.0 Å². The molecule has 11 heteroatoms. The van der Waals surface area contributed by atoms with Crippen molar-refractivity contribution >= 4 is 5.97 Å². The minimum absolute atomic E-state index is 0.325. The molecule has 24 heavy (non-hydrogen) atoms. The number of esters is 1. The number of carbonyl (C=O) groups excluding carboxylic acids is 1. The molecule has 1 aromatic carbocycles. The van der Waals surface area contributed by atoms with E-state index in [9.17, 15) is 44.3 Å². The van der Waals surface area contributed by atoms with Crippen molar-refractivity contribution in [1.29, 1.82) is 0 Å². The first-order chi connectivity index (χ1) is 10.7. The number of hydrogen-bond acceptors (Lipinski definition) is 2. The summed E-state index contributed by atoms with van der Waals surface area (Å²) in [6.07, 6.45) is -22.2. The summed E-state index contributed by atoms with van der Waals surface area (Å²) in [5.41, 5.74) is -6.24. The third-order valence-corrected chi connectivity index (χ3v) is 2.93. The van der Waals surface area contributed by atoms with E-state index in [0.29, 0.717) is 5.56 Å². The van der Waals surface area contributed by atoms with Gasteiger partial charge in [0, 0.05) is 6.42 Å². The first-order valence-electron chi connectivity index (χ1n) is 6.18. The molecule has 0 spiro atoms. The number of benzene rings is 1. The SMILES string of the molecule is O=C(CCc1ccccc1)OC(C(F)(F)F)(C(F)(F)F)C(F)(F)F. The van der Waals surface area contributed by atoms with Crippen LogP contribution in [0.2, 0.25) is 0 Å². The van der Waals surface area contributed by atoms with Gasteiger partial charge in [-0.2, -0.15) is 39.5 Å².